The van der Waals surface area contributed by atoms with Crippen LogP contribution in [0.15, 0.2) is 18.2 Å². The molecule has 2 N–H and O–H groups in total. The van der Waals surface area contributed by atoms with Crippen LogP contribution < -0.4 is 10.6 Å². The molecule has 22 heavy (non-hydrogen) atoms. The Hall–Kier alpha value is -1.49. The molecule has 0 aliphatic heterocycles. The summed E-state index contributed by atoms with van der Waals surface area (Å²) in [6.07, 6.45) is 2.23. The molecule has 0 saturated heterocycles. The summed E-state index contributed by atoms with van der Waals surface area (Å²) in [5.41, 5.74) is 2.86. The van der Waals surface area contributed by atoms with E-state index in [1.165, 1.54) is 0 Å². The standard InChI is InChI=1S/C17H26N2O2S/c1-5-6-10-22-14(4)17(21)18-11-15(20)19-16-12(2)8-7-9-13(16)3/h7-9,14H,5-6,10-11H2,1-4H3,(H,18,21)(H,19,20). The normalized spacial score (nSPS) is 11.8. The van der Waals surface area contributed by atoms with E-state index in [0.29, 0.717) is 0 Å². The average molecular weight is 322 g/mol. The van der Waals surface area contributed by atoms with Crippen molar-refractivity contribution >= 4 is 29.3 Å². The number of carbonyl (C=O) groups is 2. The third kappa shape index (κ3) is 6.10. The largest absolute Gasteiger partial charge is 0.346 e. The molecule has 0 aromatic heterocycles. The van der Waals surface area contributed by atoms with E-state index in [0.717, 1.165) is 35.4 Å². The van der Waals surface area contributed by atoms with Crippen LogP contribution in [0, 0.1) is 13.8 Å². The second kappa shape index (κ2) is 9.51. The van der Waals surface area contributed by atoms with Gasteiger partial charge in [-0.1, -0.05) is 31.5 Å². The van der Waals surface area contributed by atoms with Gasteiger partial charge in [-0.05, 0) is 44.1 Å². The van der Waals surface area contributed by atoms with E-state index >= 15 is 0 Å². The summed E-state index contributed by atoms with van der Waals surface area (Å²) < 4.78 is 0. The van der Waals surface area contributed by atoms with Gasteiger partial charge in [0.1, 0.15) is 0 Å². The predicted octanol–water partition coefficient (Wildman–Crippen LogP) is 3.28. The highest BCUT2D eigenvalue weighted by molar-refractivity contribution is 8.00. The third-order valence-electron chi connectivity index (χ3n) is 3.40. The van der Waals surface area contributed by atoms with E-state index in [4.69, 9.17) is 0 Å². The number of rotatable bonds is 8. The Labute approximate surface area is 137 Å². The summed E-state index contributed by atoms with van der Waals surface area (Å²) in [6, 6.07) is 5.86. The van der Waals surface area contributed by atoms with Crippen molar-refractivity contribution < 1.29 is 9.59 Å². The molecule has 0 aliphatic rings. The van der Waals surface area contributed by atoms with Gasteiger partial charge < -0.3 is 10.6 Å². The maximum atomic E-state index is 12.0. The molecule has 1 rings (SSSR count). The van der Waals surface area contributed by atoms with Crippen LogP contribution >= 0.6 is 11.8 Å². The molecule has 2 amide bonds. The highest BCUT2D eigenvalue weighted by Gasteiger charge is 2.14. The molecule has 1 unspecified atom stereocenters. The van der Waals surface area contributed by atoms with Crippen LogP contribution in [0.4, 0.5) is 5.69 Å². The fourth-order valence-electron chi connectivity index (χ4n) is 1.99. The molecule has 1 atom stereocenters. The van der Waals surface area contributed by atoms with Crippen molar-refractivity contribution in [2.75, 3.05) is 17.6 Å². The lowest BCUT2D eigenvalue weighted by atomic mass is 10.1. The van der Waals surface area contributed by atoms with Crippen molar-refractivity contribution in [3.05, 3.63) is 29.3 Å². The number of thioether (sulfide) groups is 1. The maximum absolute atomic E-state index is 12.0. The topological polar surface area (TPSA) is 58.2 Å². The number of hydrogen-bond donors (Lipinski definition) is 2. The molecule has 1 aromatic carbocycles. The summed E-state index contributed by atoms with van der Waals surface area (Å²) in [7, 11) is 0. The van der Waals surface area contributed by atoms with Gasteiger partial charge in [0.25, 0.3) is 0 Å². The van der Waals surface area contributed by atoms with Crippen molar-refractivity contribution in [2.24, 2.45) is 0 Å². The van der Waals surface area contributed by atoms with E-state index in [1.54, 1.807) is 11.8 Å². The molecule has 122 valence electrons. The zero-order valence-electron chi connectivity index (χ0n) is 13.9. The second-order valence-electron chi connectivity index (χ2n) is 5.40. The lowest BCUT2D eigenvalue weighted by molar-refractivity contribution is -0.123. The fourth-order valence-corrected chi connectivity index (χ4v) is 3.03. The lowest BCUT2D eigenvalue weighted by Crippen LogP contribution is -2.37. The van der Waals surface area contributed by atoms with E-state index in [-0.39, 0.29) is 23.6 Å². The van der Waals surface area contributed by atoms with Gasteiger partial charge in [0.15, 0.2) is 0 Å². The van der Waals surface area contributed by atoms with Crippen LogP contribution in [-0.2, 0) is 9.59 Å². The Morgan fingerprint density at radius 3 is 2.45 bits per heavy atom. The van der Waals surface area contributed by atoms with Crippen molar-refractivity contribution in [1.82, 2.24) is 5.32 Å². The molecule has 0 aliphatic carbocycles. The van der Waals surface area contributed by atoms with Gasteiger partial charge in [-0.2, -0.15) is 0 Å². The molecule has 0 saturated carbocycles. The van der Waals surface area contributed by atoms with Crippen LogP contribution in [0.2, 0.25) is 0 Å². The molecular weight excluding hydrogens is 296 g/mol. The Kier molecular flexibility index (Phi) is 8.02. The van der Waals surface area contributed by atoms with Gasteiger partial charge in [0, 0.05) is 5.69 Å². The highest BCUT2D eigenvalue weighted by atomic mass is 32.2. The zero-order valence-corrected chi connectivity index (χ0v) is 14.7. The monoisotopic (exact) mass is 322 g/mol. The van der Waals surface area contributed by atoms with Crippen LogP contribution in [0.25, 0.3) is 0 Å². The van der Waals surface area contributed by atoms with E-state index < -0.39 is 0 Å². The second-order valence-corrected chi connectivity index (χ2v) is 6.85. The average Bonchev–Trinajstić information content (AvgIpc) is 2.48. The summed E-state index contributed by atoms with van der Waals surface area (Å²) in [5, 5.41) is 5.44. The lowest BCUT2D eigenvalue weighted by Gasteiger charge is -2.14. The highest BCUT2D eigenvalue weighted by Crippen LogP contribution is 2.19. The Morgan fingerprint density at radius 1 is 1.23 bits per heavy atom. The van der Waals surface area contributed by atoms with Crippen LogP contribution in [0.1, 0.15) is 37.8 Å². The number of aryl methyl sites for hydroxylation is 2. The van der Waals surface area contributed by atoms with Gasteiger partial charge >= 0.3 is 0 Å². The quantitative estimate of drug-likeness (QED) is 0.722. The Bertz CT molecular complexity index is 497. The number of amides is 2. The Balaban J connectivity index is 2.41. The summed E-state index contributed by atoms with van der Waals surface area (Å²) in [5.74, 6) is 0.689. The van der Waals surface area contributed by atoms with Crippen molar-refractivity contribution in [1.29, 1.82) is 0 Å². The first kappa shape index (κ1) is 18.6. The smallest absolute Gasteiger partial charge is 0.243 e. The zero-order chi connectivity index (χ0) is 16.5. The van der Waals surface area contributed by atoms with Crippen molar-refractivity contribution in [3.63, 3.8) is 0 Å². The molecule has 0 heterocycles. The van der Waals surface area contributed by atoms with Gasteiger partial charge in [0.05, 0.1) is 11.8 Å². The minimum absolute atomic E-state index is 0.00524. The van der Waals surface area contributed by atoms with E-state index in [1.807, 2.05) is 39.0 Å². The van der Waals surface area contributed by atoms with Gasteiger partial charge in [-0.15, -0.1) is 11.8 Å². The first-order chi connectivity index (χ1) is 10.5. The molecule has 0 radical (unpaired) electrons. The van der Waals surface area contributed by atoms with Crippen LogP contribution in [0.5, 0.6) is 0 Å². The third-order valence-corrected chi connectivity index (χ3v) is 4.64. The van der Waals surface area contributed by atoms with Crippen LogP contribution in [-0.4, -0.2) is 29.4 Å². The number of unbranched alkanes of at least 4 members (excludes halogenated alkanes) is 1. The number of anilines is 1. The van der Waals surface area contributed by atoms with E-state index in [2.05, 4.69) is 17.6 Å². The number of hydrogen-bond acceptors (Lipinski definition) is 3. The minimum Gasteiger partial charge on any atom is -0.346 e. The molecule has 4 nitrogen and oxygen atoms in total. The van der Waals surface area contributed by atoms with Crippen LogP contribution in [0.3, 0.4) is 0 Å². The molecule has 0 bridgehead atoms. The summed E-state index contributed by atoms with van der Waals surface area (Å²) in [4.78, 5) is 23.9. The van der Waals surface area contributed by atoms with E-state index in [9.17, 15) is 9.59 Å². The SMILES string of the molecule is CCCCSC(C)C(=O)NCC(=O)Nc1c(C)cccc1C. The number of nitrogens with one attached hydrogen (secondary N) is 2. The molecule has 0 spiro atoms. The predicted molar refractivity (Wildman–Crippen MR) is 94.4 cm³/mol. The molecule has 0 fully saturated rings. The first-order valence-corrected chi connectivity index (χ1v) is 8.76. The van der Waals surface area contributed by atoms with Crippen molar-refractivity contribution in [2.45, 2.75) is 45.8 Å². The molecule has 1 aromatic rings. The fraction of sp³-hybridized carbons (Fsp3) is 0.529. The molecular formula is C17H26N2O2S. The number of carbonyl (C=O) groups excluding carboxylic acids is 2. The maximum Gasteiger partial charge on any atom is 0.243 e. The summed E-state index contributed by atoms with van der Waals surface area (Å²) >= 11 is 1.63. The number of para-hydroxylation sites is 1. The summed E-state index contributed by atoms with van der Waals surface area (Å²) in [6.45, 7) is 7.91. The van der Waals surface area contributed by atoms with Gasteiger partial charge in [-0.3, -0.25) is 9.59 Å². The number of benzene rings is 1. The molecule has 5 heteroatoms. The van der Waals surface area contributed by atoms with Gasteiger partial charge in [-0.25, -0.2) is 0 Å². The first-order valence-electron chi connectivity index (χ1n) is 7.71. The minimum atomic E-state index is -0.198. The van der Waals surface area contributed by atoms with Gasteiger partial charge in [0.2, 0.25) is 11.8 Å². The van der Waals surface area contributed by atoms with Crippen molar-refractivity contribution in [3.8, 4) is 0 Å². The Morgan fingerprint density at radius 2 is 1.86 bits per heavy atom.